The number of benzene rings is 3. The Balaban J connectivity index is 1.52. The van der Waals surface area contributed by atoms with E-state index in [0.717, 1.165) is 4.90 Å². The molecule has 4 rings (SSSR count). The molecule has 1 atom stereocenters. The molecule has 1 heterocycles. The smallest absolute Gasteiger partial charge is 0.266 e. The number of nitrogens with one attached hydrogen (secondary N) is 3. The minimum atomic E-state index is -1.99. The van der Waals surface area contributed by atoms with Gasteiger partial charge in [0.15, 0.2) is 5.11 Å². The molecule has 7 nitrogen and oxygen atoms in total. The first-order valence-electron chi connectivity index (χ1n) is 10.3. The van der Waals surface area contributed by atoms with Crippen molar-refractivity contribution >= 4 is 92.8 Å². The third-order valence-electron chi connectivity index (χ3n) is 5.17. The third kappa shape index (κ3) is 5.58. The fourth-order valence-electron chi connectivity index (χ4n) is 3.49. The molecule has 0 aromatic heterocycles. The van der Waals surface area contributed by atoms with E-state index < -0.39 is 27.7 Å². The van der Waals surface area contributed by atoms with Crippen molar-refractivity contribution < 1.29 is 14.4 Å². The molecule has 1 unspecified atom stereocenters. The van der Waals surface area contributed by atoms with Gasteiger partial charge in [-0.05, 0) is 60.7 Å². The number of rotatable bonds is 5. The van der Waals surface area contributed by atoms with Crippen molar-refractivity contribution in [3.8, 4) is 0 Å². The number of thiocarbonyl (C=S) groups is 1. The lowest BCUT2D eigenvalue weighted by atomic mass is 10.1. The van der Waals surface area contributed by atoms with Gasteiger partial charge in [0.2, 0.25) is 3.79 Å². The van der Waals surface area contributed by atoms with Crippen LogP contribution in [-0.2, 0) is 0 Å². The lowest BCUT2D eigenvalue weighted by Gasteiger charge is -2.28. The monoisotopic (exact) mass is 580 g/mol. The molecule has 0 aliphatic carbocycles. The number of anilines is 2. The summed E-state index contributed by atoms with van der Waals surface area (Å²) < 4.78 is -1.99. The highest BCUT2D eigenvalue weighted by atomic mass is 35.6. The highest BCUT2D eigenvalue weighted by molar-refractivity contribution is 7.80. The summed E-state index contributed by atoms with van der Waals surface area (Å²) in [5.41, 5.74) is 1.52. The molecule has 184 valence electrons. The zero-order valence-electron chi connectivity index (χ0n) is 18.1. The SMILES string of the molecule is O=C(NC(NC(=S)Nc1ccccc1N1C(=O)c2ccccc2C1=O)C(Cl)(Cl)Cl)c1ccc(Cl)cc1. The molecule has 36 heavy (non-hydrogen) atoms. The summed E-state index contributed by atoms with van der Waals surface area (Å²) in [6, 6.07) is 19.3. The molecular formula is C24H16Cl4N4O3S. The summed E-state index contributed by atoms with van der Waals surface area (Å²) >= 11 is 29.5. The van der Waals surface area contributed by atoms with Crippen LogP contribution in [0, 0.1) is 0 Å². The Morgan fingerprint density at radius 3 is 1.97 bits per heavy atom. The Labute approximate surface area is 231 Å². The first-order chi connectivity index (χ1) is 17.1. The summed E-state index contributed by atoms with van der Waals surface area (Å²) in [5.74, 6) is -1.46. The third-order valence-corrected chi connectivity index (χ3v) is 6.30. The van der Waals surface area contributed by atoms with Crippen LogP contribution in [0.15, 0.2) is 72.8 Å². The van der Waals surface area contributed by atoms with E-state index in [0.29, 0.717) is 21.8 Å². The van der Waals surface area contributed by atoms with Gasteiger partial charge in [0.25, 0.3) is 17.7 Å². The van der Waals surface area contributed by atoms with E-state index >= 15 is 0 Å². The molecule has 0 saturated heterocycles. The zero-order valence-corrected chi connectivity index (χ0v) is 21.9. The normalized spacial score (nSPS) is 13.7. The summed E-state index contributed by atoms with van der Waals surface area (Å²) in [4.78, 5) is 39.6. The van der Waals surface area contributed by atoms with Crippen molar-refractivity contribution in [3.63, 3.8) is 0 Å². The van der Waals surface area contributed by atoms with Gasteiger partial charge in [-0.1, -0.05) is 70.7 Å². The second-order valence-corrected chi connectivity index (χ2v) is 10.8. The molecule has 3 aromatic carbocycles. The molecule has 3 N–H and O–H groups in total. The van der Waals surface area contributed by atoms with Crippen molar-refractivity contribution in [1.29, 1.82) is 0 Å². The minimum Gasteiger partial charge on any atom is -0.339 e. The number of imide groups is 1. The van der Waals surface area contributed by atoms with Gasteiger partial charge in [-0.25, -0.2) is 4.90 Å². The molecule has 3 amide bonds. The van der Waals surface area contributed by atoms with Gasteiger partial charge in [-0.15, -0.1) is 0 Å². The molecular weight excluding hydrogens is 566 g/mol. The van der Waals surface area contributed by atoms with Crippen LogP contribution in [0.3, 0.4) is 0 Å². The second-order valence-electron chi connectivity index (χ2n) is 7.56. The zero-order chi connectivity index (χ0) is 26.0. The quantitative estimate of drug-likeness (QED) is 0.158. The fourth-order valence-corrected chi connectivity index (χ4v) is 4.17. The molecule has 0 bridgehead atoms. The number of halogens is 4. The summed E-state index contributed by atoms with van der Waals surface area (Å²) in [5, 5.41) is 8.66. The van der Waals surface area contributed by atoms with E-state index in [4.69, 9.17) is 58.6 Å². The standard InChI is InChI=1S/C24H16Cl4N4O3S/c25-14-11-9-13(10-12-14)19(33)30-22(24(26,27)28)31-23(36)29-17-7-3-4-8-18(17)32-20(34)15-5-1-2-6-16(15)21(32)35/h1-12,22H,(H,30,33)(H2,29,31,36). The number of nitrogens with zero attached hydrogens (tertiary/aromatic N) is 1. The molecule has 1 aliphatic heterocycles. The summed E-state index contributed by atoms with van der Waals surface area (Å²) in [6.07, 6.45) is -1.24. The topological polar surface area (TPSA) is 90.5 Å². The van der Waals surface area contributed by atoms with Gasteiger partial charge in [0, 0.05) is 10.6 Å². The van der Waals surface area contributed by atoms with Crippen LogP contribution in [0.5, 0.6) is 0 Å². The Morgan fingerprint density at radius 1 is 0.833 bits per heavy atom. The molecule has 0 radical (unpaired) electrons. The fraction of sp³-hybridized carbons (Fsp3) is 0.0833. The first kappa shape index (κ1) is 26.2. The predicted octanol–water partition coefficient (Wildman–Crippen LogP) is 5.55. The second kappa shape index (κ2) is 10.6. The number of para-hydroxylation sites is 2. The number of hydrogen-bond acceptors (Lipinski definition) is 4. The number of alkyl halides is 3. The van der Waals surface area contributed by atoms with Gasteiger partial charge in [-0.3, -0.25) is 14.4 Å². The number of carbonyl (C=O) groups is 3. The van der Waals surface area contributed by atoms with Gasteiger partial charge < -0.3 is 16.0 Å². The minimum absolute atomic E-state index is 0.0354. The Morgan fingerprint density at radius 2 is 1.39 bits per heavy atom. The van der Waals surface area contributed by atoms with E-state index in [1.165, 1.54) is 12.1 Å². The Bertz CT molecular complexity index is 1330. The van der Waals surface area contributed by atoms with Gasteiger partial charge in [0.05, 0.1) is 22.5 Å². The van der Waals surface area contributed by atoms with Crippen molar-refractivity contribution in [2.45, 2.75) is 9.96 Å². The van der Waals surface area contributed by atoms with Crippen LogP contribution in [0.2, 0.25) is 5.02 Å². The predicted molar refractivity (Wildman–Crippen MR) is 146 cm³/mol. The van der Waals surface area contributed by atoms with Crippen molar-refractivity contribution in [2.24, 2.45) is 0 Å². The number of amides is 3. The lowest BCUT2D eigenvalue weighted by molar-refractivity contribution is 0.0918. The van der Waals surface area contributed by atoms with Crippen LogP contribution in [0.4, 0.5) is 11.4 Å². The number of fused-ring (bicyclic) bond motifs is 1. The number of carbonyl (C=O) groups excluding carboxylic acids is 3. The Hall–Kier alpha value is -2.88. The molecule has 0 fully saturated rings. The average Bonchev–Trinajstić information content (AvgIpc) is 3.09. The highest BCUT2D eigenvalue weighted by Crippen LogP contribution is 2.34. The van der Waals surface area contributed by atoms with E-state index in [1.54, 1.807) is 60.7 Å². The maximum Gasteiger partial charge on any atom is 0.266 e. The van der Waals surface area contributed by atoms with Crippen LogP contribution >= 0.6 is 58.6 Å². The van der Waals surface area contributed by atoms with Crippen LogP contribution in [0.25, 0.3) is 0 Å². The van der Waals surface area contributed by atoms with E-state index in [-0.39, 0.29) is 16.4 Å². The average molecular weight is 582 g/mol. The maximum atomic E-state index is 13.0. The van der Waals surface area contributed by atoms with Crippen molar-refractivity contribution in [1.82, 2.24) is 10.6 Å². The lowest BCUT2D eigenvalue weighted by Crippen LogP contribution is -2.56. The molecule has 3 aromatic rings. The van der Waals surface area contributed by atoms with E-state index in [2.05, 4.69) is 16.0 Å². The summed E-state index contributed by atoms with van der Waals surface area (Å²) in [7, 11) is 0. The van der Waals surface area contributed by atoms with Gasteiger partial charge in [0.1, 0.15) is 6.17 Å². The van der Waals surface area contributed by atoms with Crippen LogP contribution < -0.4 is 20.9 Å². The summed E-state index contributed by atoms with van der Waals surface area (Å²) in [6.45, 7) is 0. The van der Waals surface area contributed by atoms with Gasteiger partial charge >= 0.3 is 0 Å². The van der Waals surface area contributed by atoms with E-state index in [1.807, 2.05) is 0 Å². The molecule has 0 saturated carbocycles. The first-order valence-corrected chi connectivity index (χ1v) is 12.3. The molecule has 0 spiro atoms. The molecule has 1 aliphatic rings. The molecule has 12 heteroatoms. The maximum absolute atomic E-state index is 13.0. The van der Waals surface area contributed by atoms with Crippen LogP contribution in [0.1, 0.15) is 31.1 Å². The largest absolute Gasteiger partial charge is 0.339 e. The Kier molecular flexibility index (Phi) is 7.73. The van der Waals surface area contributed by atoms with Crippen molar-refractivity contribution in [3.05, 3.63) is 94.5 Å². The van der Waals surface area contributed by atoms with Crippen molar-refractivity contribution in [2.75, 3.05) is 10.2 Å². The van der Waals surface area contributed by atoms with E-state index in [9.17, 15) is 14.4 Å². The number of hydrogen-bond donors (Lipinski definition) is 3. The van der Waals surface area contributed by atoms with Gasteiger partial charge in [-0.2, -0.15) is 0 Å². The highest BCUT2D eigenvalue weighted by Gasteiger charge is 2.38. The van der Waals surface area contributed by atoms with Crippen LogP contribution in [-0.4, -0.2) is 32.8 Å².